The molecule has 0 bridgehead atoms. The first kappa shape index (κ1) is 18.7. The van der Waals surface area contributed by atoms with Gasteiger partial charge in [0, 0.05) is 13.1 Å². The van der Waals surface area contributed by atoms with Crippen LogP contribution in [0.25, 0.3) is 0 Å². The smallest absolute Gasteiger partial charge is 0.416 e. The summed E-state index contributed by atoms with van der Waals surface area (Å²) in [6.07, 6.45) is -4.30. The number of nitrogens with zero attached hydrogens (tertiary/aromatic N) is 1. The molecule has 0 aromatic heterocycles. The molecule has 0 radical (unpaired) electrons. The highest BCUT2D eigenvalue weighted by molar-refractivity contribution is 7.88. The summed E-state index contributed by atoms with van der Waals surface area (Å²) >= 11 is 0. The molecule has 1 aliphatic heterocycles. The maximum atomic E-state index is 13.0. The normalized spacial score (nSPS) is 23.2. The third kappa shape index (κ3) is 4.27. The van der Waals surface area contributed by atoms with Crippen LogP contribution in [0.4, 0.5) is 13.2 Å². The fraction of sp³-hybridized carbons (Fsp3) is 0.533. The van der Waals surface area contributed by atoms with Gasteiger partial charge in [-0.2, -0.15) is 13.2 Å². The summed E-state index contributed by atoms with van der Waals surface area (Å²) in [5.41, 5.74) is -1.33. The van der Waals surface area contributed by atoms with Gasteiger partial charge in [-0.1, -0.05) is 25.1 Å². The number of hydrogen-bond donors (Lipinski definition) is 1. The van der Waals surface area contributed by atoms with Crippen LogP contribution in [-0.2, 0) is 26.7 Å². The van der Waals surface area contributed by atoms with E-state index in [1.54, 1.807) is 6.92 Å². The Bertz CT molecular complexity index is 718. The van der Waals surface area contributed by atoms with Crippen molar-refractivity contribution in [2.24, 2.45) is 11.8 Å². The topological polar surface area (TPSA) is 74.7 Å². The standard InChI is InChI=1S/C15H18F3NO4S/c1-10-6-12(14(20)21)8-19(7-10)24(22,23)9-11-4-2-3-5-13(11)15(16,17)18/h2-5,10,12H,6-9H2,1H3,(H,20,21). The summed E-state index contributed by atoms with van der Waals surface area (Å²) < 4.78 is 65.0. The van der Waals surface area contributed by atoms with Gasteiger partial charge in [0.15, 0.2) is 0 Å². The van der Waals surface area contributed by atoms with Crippen LogP contribution in [0.5, 0.6) is 0 Å². The van der Waals surface area contributed by atoms with E-state index in [4.69, 9.17) is 5.11 Å². The average Bonchev–Trinajstić information content (AvgIpc) is 2.45. The van der Waals surface area contributed by atoms with Crippen molar-refractivity contribution in [3.8, 4) is 0 Å². The number of carboxylic acids is 1. The van der Waals surface area contributed by atoms with Crippen molar-refractivity contribution in [2.75, 3.05) is 13.1 Å². The summed E-state index contributed by atoms with van der Waals surface area (Å²) in [5.74, 6) is -2.92. The lowest BCUT2D eigenvalue weighted by atomic mass is 9.92. The van der Waals surface area contributed by atoms with Crippen LogP contribution < -0.4 is 0 Å². The first-order chi connectivity index (χ1) is 11.0. The fourth-order valence-corrected chi connectivity index (χ4v) is 4.64. The van der Waals surface area contributed by atoms with E-state index < -0.39 is 39.4 Å². The van der Waals surface area contributed by atoms with Gasteiger partial charge in [0.2, 0.25) is 10.0 Å². The van der Waals surface area contributed by atoms with E-state index in [-0.39, 0.29) is 24.6 Å². The van der Waals surface area contributed by atoms with Crippen LogP contribution in [-0.4, -0.2) is 36.9 Å². The Hall–Kier alpha value is -1.61. The number of carbonyl (C=O) groups is 1. The number of rotatable bonds is 4. The second kappa shape index (κ2) is 6.72. The minimum atomic E-state index is -4.65. The predicted molar refractivity (Wildman–Crippen MR) is 80.5 cm³/mol. The molecule has 1 aliphatic rings. The monoisotopic (exact) mass is 365 g/mol. The average molecular weight is 365 g/mol. The van der Waals surface area contributed by atoms with E-state index in [0.29, 0.717) is 6.42 Å². The fourth-order valence-electron chi connectivity index (χ4n) is 2.92. The summed E-state index contributed by atoms with van der Waals surface area (Å²) in [6.45, 7) is 1.62. The quantitative estimate of drug-likeness (QED) is 0.890. The van der Waals surface area contributed by atoms with Gasteiger partial charge in [-0.05, 0) is 24.0 Å². The molecule has 134 valence electrons. The zero-order valence-electron chi connectivity index (χ0n) is 13.0. The minimum absolute atomic E-state index is 0.111. The highest BCUT2D eigenvalue weighted by Gasteiger charge is 2.38. The Morgan fingerprint density at radius 3 is 2.50 bits per heavy atom. The third-order valence-electron chi connectivity index (χ3n) is 4.03. The predicted octanol–water partition coefficient (Wildman–Crippen LogP) is 2.58. The molecule has 1 heterocycles. The molecule has 2 atom stereocenters. The molecule has 1 N–H and O–H groups in total. The molecular formula is C15H18F3NO4S. The van der Waals surface area contributed by atoms with Crippen LogP contribution in [0, 0.1) is 11.8 Å². The Kier molecular flexibility index (Phi) is 5.24. The van der Waals surface area contributed by atoms with Gasteiger partial charge < -0.3 is 5.11 Å². The van der Waals surface area contributed by atoms with Crippen LogP contribution in [0.1, 0.15) is 24.5 Å². The van der Waals surface area contributed by atoms with E-state index in [1.807, 2.05) is 0 Å². The molecule has 2 unspecified atom stereocenters. The molecule has 0 saturated carbocycles. The molecule has 0 aliphatic carbocycles. The van der Waals surface area contributed by atoms with Gasteiger partial charge in [-0.25, -0.2) is 12.7 Å². The summed E-state index contributed by atoms with van der Waals surface area (Å²) in [7, 11) is -4.05. The molecule has 1 aromatic rings. The minimum Gasteiger partial charge on any atom is -0.481 e. The highest BCUT2D eigenvalue weighted by atomic mass is 32.2. The largest absolute Gasteiger partial charge is 0.481 e. The SMILES string of the molecule is CC1CC(C(=O)O)CN(S(=O)(=O)Cc2ccccc2C(F)(F)F)C1. The van der Waals surface area contributed by atoms with Crippen LogP contribution in [0.15, 0.2) is 24.3 Å². The lowest BCUT2D eigenvalue weighted by molar-refractivity contribution is -0.143. The lowest BCUT2D eigenvalue weighted by Crippen LogP contribution is -2.46. The number of sulfonamides is 1. The number of piperidine rings is 1. The van der Waals surface area contributed by atoms with Gasteiger partial charge in [-0.15, -0.1) is 0 Å². The van der Waals surface area contributed by atoms with Crippen molar-refractivity contribution in [1.29, 1.82) is 0 Å². The van der Waals surface area contributed by atoms with E-state index >= 15 is 0 Å². The molecule has 9 heteroatoms. The second-order valence-electron chi connectivity index (χ2n) is 6.10. The van der Waals surface area contributed by atoms with Crippen molar-refractivity contribution < 1.29 is 31.5 Å². The lowest BCUT2D eigenvalue weighted by Gasteiger charge is -2.34. The maximum absolute atomic E-state index is 13.0. The van der Waals surface area contributed by atoms with Gasteiger partial charge in [0.05, 0.1) is 17.2 Å². The molecule has 24 heavy (non-hydrogen) atoms. The second-order valence-corrected chi connectivity index (χ2v) is 8.07. The van der Waals surface area contributed by atoms with E-state index in [1.165, 1.54) is 12.1 Å². The zero-order valence-corrected chi connectivity index (χ0v) is 13.8. The number of halogens is 3. The van der Waals surface area contributed by atoms with Crippen LogP contribution in [0.3, 0.4) is 0 Å². The van der Waals surface area contributed by atoms with Crippen molar-refractivity contribution in [1.82, 2.24) is 4.31 Å². The number of hydrogen-bond acceptors (Lipinski definition) is 3. The third-order valence-corrected chi connectivity index (χ3v) is 5.79. The number of benzene rings is 1. The maximum Gasteiger partial charge on any atom is 0.416 e. The molecule has 1 saturated heterocycles. The van der Waals surface area contributed by atoms with Crippen molar-refractivity contribution in [3.05, 3.63) is 35.4 Å². The molecular weight excluding hydrogens is 347 g/mol. The first-order valence-electron chi connectivity index (χ1n) is 7.36. The Balaban J connectivity index is 2.28. The molecule has 0 spiro atoms. The molecule has 0 amide bonds. The van der Waals surface area contributed by atoms with Crippen molar-refractivity contribution >= 4 is 16.0 Å². The van der Waals surface area contributed by atoms with Gasteiger partial charge in [0.25, 0.3) is 0 Å². The van der Waals surface area contributed by atoms with Crippen LogP contribution >= 0.6 is 0 Å². The summed E-state index contributed by atoms with van der Waals surface area (Å²) in [6, 6.07) is 4.51. The molecule has 2 rings (SSSR count). The highest BCUT2D eigenvalue weighted by Crippen LogP contribution is 2.33. The first-order valence-corrected chi connectivity index (χ1v) is 8.97. The number of alkyl halides is 3. The summed E-state index contributed by atoms with van der Waals surface area (Å²) in [5, 5.41) is 9.11. The van der Waals surface area contributed by atoms with E-state index in [0.717, 1.165) is 16.4 Å². The Morgan fingerprint density at radius 1 is 1.29 bits per heavy atom. The Labute approximate surface area is 138 Å². The van der Waals surface area contributed by atoms with Crippen molar-refractivity contribution in [3.63, 3.8) is 0 Å². The molecule has 1 fully saturated rings. The van der Waals surface area contributed by atoms with E-state index in [2.05, 4.69) is 0 Å². The van der Waals surface area contributed by atoms with Gasteiger partial charge >= 0.3 is 12.1 Å². The number of aliphatic carboxylic acids is 1. The zero-order chi connectivity index (χ0) is 18.1. The molecule has 5 nitrogen and oxygen atoms in total. The number of carboxylic acid groups (broad SMARTS) is 1. The van der Waals surface area contributed by atoms with Crippen molar-refractivity contribution in [2.45, 2.75) is 25.3 Å². The van der Waals surface area contributed by atoms with Gasteiger partial charge in [-0.3, -0.25) is 4.79 Å². The Morgan fingerprint density at radius 2 is 1.92 bits per heavy atom. The summed E-state index contributed by atoms with van der Waals surface area (Å²) in [4.78, 5) is 11.1. The van der Waals surface area contributed by atoms with Crippen LogP contribution in [0.2, 0.25) is 0 Å². The molecule has 1 aromatic carbocycles. The van der Waals surface area contributed by atoms with Gasteiger partial charge in [0.1, 0.15) is 0 Å². The van der Waals surface area contributed by atoms with E-state index in [9.17, 15) is 26.4 Å².